The van der Waals surface area contributed by atoms with E-state index in [2.05, 4.69) is 20.6 Å². The Morgan fingerprint density at radius 3 is 2.39 bits per heavy atom. The van der Waals surface area contributed by atoms with Gasteiger partial charge in [-0.1, -0.05) is 25.7 Å². The monoisotopic (exact) mass is 314 g/mol. The summed E-state index contributed by atoms with van der Waals surface area (Å²) in [6, 6.07) is 8.61. The molecule has 5 heteroatoms. The van der Waals surface area contributed by atoms with Crippen LogP contribution < -0.4 is 10.6 Å². The molecule has 0 radical (unpaired) electrons. The van der Waals surface area contributed by atoms with Crippen molar-refractivity contribution in [3.05, 3.63) is 41.8 Å². The Kier molecular flexibility index (Phi) is 5.05. The summed E-state index contributed by atoms with van der Waals surface area (Å²) in [7, 11) is 0. The van der Waals surface area contributed by atoms with Gasteiger partial charge in [0.1, 0.15) is 11.6 Å². The van der Waals surface area contributed by atoms with E-state index in [-0.39, 0.29) is 5.82 Å². The fourth-order valence-corrected chi connectivity index (χ4v) is 2.98. The average molecular weight is 314 g/mol. The summed E-state index contributed by atoms with van der Waals surface area (Å²) in [5.41, 5.74) is 1.71. The molecule has 0 unspecified atom stereocenters. The summed E-state index contributed by atoms with van der Waals surface area (Å²) in [4.78, 5) is 9.04. The van der Waals surface area contributed by atoms with Gasteiger partial charge in [-0.05, 0) is 44.0 Å². The number of aryl methyl sites for hydroxylation is 1. The van der Waals surface area contributed by atoms with E-state index in [1.807, 2.05) is 13.0 Å². The Morgan fingerprint density at radius 2 is 1.70 bits per heavy atom. The van der Waals surface area contributed by atoms with Crippen LogP contribution in [0.15, 0.2) is 30.3 Å². The van der Waals surface area contributed by atoms with Crippen LogP contribution >= 0.6 is 0 Å². The molecule has 0 saturated heterocycles. The van der Waals surface area contributed by atoms with Gasteiger partial charge in [-0.2, -0.15) is 4.98 Å². The molecule has 1 aromatic carbocycles. The maximum Gasteiger partial charge on any atom is 0.225 e. The minimum Gasteiger partial charge on any atom is -0.351 e. The summed E-state index contributed by atoms with van der Waals surface area (Å²) >= 11 is 0. The number of benzene rings is 1. The molecule has 1 saturated carbocycles. The molecule has 0 bridgehead atoms. The van der Waals surface area contributed by atoms with Gasteiger partial charge in [0.25, 0.3) is 0 Å². The van der Waals surface area contributed by atoms with Crippen LogP contribution in [0.3, 0.4) is 0 Å². The Labute approximate surface area is 136 Å². The van der Waals surface area contributed by atoms with Gasteiger partial charge in [0.15, 0.2) is 0 Å². The van der Waals surface area contributed by atoms with Gasteiger partial charge in [-0.3, -0.25) is 0 Å². The maximum absolute atomic E-state index is 13.0. The first-order chi connectivity index (χ1) is 11.2. The van der Waals surface area contributed by atoms with Crippen molar-refractivity contribution in [2.75, 3.05) is 10.6 Å². The molecular weight excluding hydrogens is 291 g/mol. The van der Waals surface area contributed by atoms with Gasteiger partial charge in [0, 0.05) is 23.5 Å². The number of nitrogens with one attached hydrogen (secondary N) is 2. The fourth-order valence-electron chi connectivity index (χ4n) is 2.98. The largest absolute Gasteiger partial charge is 0.351 e. The predicted molar refractivity (Wildman–Crippen MR) is 91.6 cm³/mol. The fraction of sp³-hybridized carbons (Fsp3) is 0.444. The van der Waals surface area contributed by atoms with Crippen molar-refractivity contribution in [1.29, 1.82) is 0 Å². The second-order valence-electron chi connectivity index (χ2n) is 6.18. The molecule has 0 spiro atoms. The van der Waals surface area contributed by atoms with E-state index >= 15 is 0 Å². The highest BCUT2D eigenvalue weighted by Crippen LogP contribution is 2.21. The highest BCUT2D eigenvalue weighted by atomic mass is 19.1. The zero-order chi connectivity index (χ0) is 16.1. The Hall–Kier alpha value is -2.17. The van der Waals surface area contributed by atoms with Crippen LogP contribution in [-0.2, 0) is 0 Å². The van der Waals surface area contributed by atoms with Crippen LogP contribution in [0, 0.1) is 12.7 Å². The highest BCUT2D eigenvalue weighted by Gasteiger charge is 2.13. The molecule has 2 aromatic rings. The standard InChI is InChI=1S/C18H23FN4/c1-13-12-17(21-16-10-8-14(19)9-11-16)23-18(20-13)22-15-6-4-2-3-5-7-15/h8-12,15H,2-7H2,1H3,(H2,20,21,22,23). The number of hydrogen-bond donors (Lipinski definition) is 2. The second-order valence-corrected chi connectivity index (χ2v) is 6.18. The highest BCUT2D eigenvalue weighted by molar-refractivity contribution is 5.57. The first-order valence-corrected chi connectivity index (χ1v) is 8.34. The lowest BCUT2D eigenvalue weighted by atomic mass is 10.1. The van der Waals surface area contributed by atoms with Crippen molar-refractivity contribution < 1.29 is 4.39 Å². The lowest BCUT2D eigenvalue weighted by Gasteiger charge is -2.17. The average Bonchev–Trinajstić information content (AvgIpc) is 2.78. The Morgan fingerprint density at radius 1 is 1.00 bits per heavy atom. The number of halogens is 1. The molecular formula is C18H23FN4. The van der Waals surface area contributed by atoms with E-state index in [1.165, 1.54) is 50.7 Å². The van der Waals surface area contributed by atoms with Gasteiger partial charge in [-0.15, -0.1) is 0 Å². The Balaban J connectivity index is 1.71. The zero-order valence-corrected chi connectivity index (χ0v) is 13.5. The first-order valence-electron chi connectivity index (χ1n) is 8.34. The summed E-state index contributed by atoms with van der Waals surface area (Å²) in [5.74, 6) is 1.15. The maximum atomic E-state index is 13.0. The molecule has 1 fully saturated rings. The van der Waals surface area contributed by atoms with E-state index in [9.17, 15) is 4.39 Å². The van der Waals surface area contributed by atoms with Gasteiger partial charge >= 0.3 is 0 Å². The van der Waals surface area contributed by atoms with Crippen LogP contribution in [0.1, 0.15) is 44.2 Å². The molecule has 23 heavy (non-hydrogen) atoms. The van der Waals surface area contributed by atoms with Crippen molar-refractivity contribution in [2.24, 2.45) is 0 Å². The molecule has 1 aromatic heterocycles. The number of rotatable bonds is 4. The van der Waals surface area contributed by atoms with Crippen LogP contribution in [0.4, 0.5) is 21.8 Å². The van der Waals surface area contributed by atoms with E-state index in [4.69, 9.17) is 0 Å². The van der Waals surface area contributed by atoms with E-state index in [1.54, 1.807) is 12.1 Å². The van der Waals surface area contributed by atoms with Crippen molar-refractivity contribution in [3.63, 3.8) is 0 Å². The number of anilines is 3. The van der Waals surface area contributed by atoms with E-state index in [0.29, 0.717) is 12.0 Å². The summed E-state index contributed by atoms with van der Waals surface area (Å²) < 4.78 is 13.0. The third kappa shape index (κ3) is 4.65. The molecule has 4 nitrogen and oxygen atoms in total. The molecule has 0 amide bonds. The van der Waals surface area contributed by atoms with Gasteiger partial charge in [0.05, 0.1) is 0 Å². The molecule has 122 valence electrons. The molecule has 1 aliphatic carbocycles. The van der Waals surface area contributed by atoms with Crippen molar-refractivity contribution in [3.8, 4) is 0 Å². The minimum absolute atomic E-state index is 0.245. The number of nitrogens with zero attached hydrogens (tertiary/aromatic N) is 2. The zero-order valence-electron chi connectivity index (χ0n) is 13.5. The van der Waals surface area contributed by atoms with E-state index in [0.717, 1.165) is 17.2 Å². The third-order valence-electron chi connectivity index (χ3n) is 4.16. The topological polar surface area (TPSA) is 49.8 Å². The van der Waals surface area contributed by atoms with E-state index < -0.39 is 0 Å². The summed E-state index contributed by atoms with van der Waals surface area (Å²) in [6.45, 7) is 1.95. The quantitative estimate of drug-likeness (QED) is 0.796. The third-order valence-corrected chi connectivity index (χ3v) is 4.16. The molecule has 3 rings (SSSR count). The lowest BCUT2D eigenvalue weighted by molar-refractivity contribution is 0.614. The van der Waals surface area contributed by atoms with Crippen molar-refractivity contribution in [1.82, 2.24) is 9.97 Å². The molecule has 0 atom stereocenters. The summed E-state index contributed by atoms with van der Waals surface area (Å²) in [6.07, 6.45) is 7.54. The minimum atomic E-state index is -0.245. The van der Waals surface area contributed by atoms with Crippen molar-refractivity contribution in [2.45, 2.75) is 51.5 Å². The number of hydrogen-bond acceptors (Lipinski definition) is 4. The normalized spacial score (nSPS) is 15.9. The van der Waals surface area contributed by atoms with Crippen LogP contribution in [0.5, 0.6) is 0 Å². The Bertz CT molecular complexity index is 634. The van der Waals surface area contributed by atoms with Gasteiger partial charge in [-0.25, -0.2) is 9.37 Å². The molecule has 1 aliphatic rings. The number of aromatic nitrogens is 2. The summed E-state index contributed by atoms with van der Waals surface area (Å²) in [5, 5.41) is 6.68. The first kappa shape index (κ1) is 15.7. The van der Waals surface area contributed by atoms with Gasteiger partial charge in [0.2, 0.25) is 5.95 Å². The van der Waals surface area contributed by atoms with Gasteiger partial charge < -0.3 is 10.6 Å². The second kappa shape index (κ2) is 7.40. The molecule has 0 aliphatic heterocycles. The van der Waals surface area contributed by atoms with Crippen LogP contribution in [0.25, 0.3) is 0 Å². The SMILES string of the molecule is Cc1cc(Nc2ccc(F)cc2)nc(NC2CCCCCC2)n1. The van der Waals surface area contributed by atoms with Crippen molar-refractivity contribution >= 4 is 17.5 Å². The molecule has 1 heterocycles. The predicted octanol–water partition coefficient (Wildman–Crippen LogP) is 4.80. The van der Waals surface area contributed by atoms with Crippen LogP contribution in [0.2, 0.25) is 0 Å². The van der Waals surface area contributed by atoms with Crippen LogP contribution in [-0.4, -0.2) is 16.0 Å². The molecule has 2 N–H and O–H groups in total. The smallest absolute Gasteiger partial charge is 0.225 e. The lowest BCUT2D eigenvalue weighted by Crippen LogP contribution is -2.20.